The lowest BCUT2D eigenvalue weighted by Crippen LogP contribution is -2.05. The highest BCUT2D eigenvalue weighted by Crippen LogP contribution is 2.08. The number of hydrogen-bond acceptors (Lipinski definition) is 4. The molecule has 1 rings (SSSR count). The van der Waals surface area contributed by atoms with Crippen molar-refractivity contribution in [1.82, 2.24) is 0 Å². The third-order valence-corrected chi connectivity index (χ3v) is 2.84. The van der Waals surface area contributed by atoms with Crippen LogP contribution < -0.4 is 0 Å². The standard InChI is InChI=1S/C15H22O4/c16-14(17)10-6-1-2-7-11-15(18)19-12-13-8-4-3-5-9-13/h3-5,8-9,14,16-17H,1-2,6-7,10-12H2. The Kier molecular flexibility index (Phi) is 7.86. The topological polar surface area (TPSA) is 66.8 Å². The molecule has 0 aliphatic carbocycles. The molecular formula is C15H22O4. The molecule has 0 saturated carbocycles. The molecule has 0 radical (unpaired) electrons. The number of hydrogen-bond donors (Lipinski definition) is 2. The van der Waals surface area contributed by atoms with Crippen LogP contribution in [0.3, 0.4) is 0 Å². The zero-order chi connectivity index (χ0) is 13.9. The van der Waals surface area contributed by atoms with Crippen molar-refractivity contribution in [3.05, 3.63) is 35.9 Å². The van der Waals surface area contributed by atoms with E-state index in [4.69, 9.17) is 14.9 Å². The smallest absolute Gasteiger partial charge is 0.306 e. The van der Waals surface area contributed by atoms with Gasteiger partial charge < -0.3 is 14.9 Å². The number of carbonyl (C=O) groups excluding carboxylic acids is 1. The third kappa shape index (κ3) is 8.35. The van der Waals surface area contributed by atoms with Gasteiger partial charge in [-0.05, 0) is 24.8 Å². The quantitative estimate of drug-likeness (QED) is 0.409. The van der Waals surface area contributed by atoms with Crippen LogP contribution in [0.1, 0.15) is 44.1 Å². The Bertz CT molecular complexity index is 348. The molecule has 106 valence electrons. The first kappa shape index (κ1) is 15.7. The summed E-state index contributed by atoms with van der Waals surface area (Å²) in [5, 5.41) is 17.3. The summed E-state index contributed by atoms with van der Waals surface area (Å²) in [6.45, 7) is 0.330. The number of unbranched alkanes of at least 4 members (excludes halogenated alkanes) is 3. The first-order chi connectivity index (χ1) is 9.18. The molecule has 0 atom stereocenters. The van der Waals surface area contributed by atoms with Gasteiger partial charge in [0.2, 0.25) is 0 Å². The molecule has 2 N–H and O–H groups in total. The van der Waals surface area contributed by atoms with E-state index in [1.54, 1.807) is 0 Å². The molecule has 19 heavy (non-hydrogen) atoms. The monoisotopic (exact) mass is 266 g/mol. The maximum atomic E-state index is 11.5. The Balaban J connectivity index is 1.99. The molecule has 0 fully saturated rings. The molecule has 4 heteroatoms. The van der Waals surface area contributed by atoms with Crippen LogP contribution in [0.15, 0.2) is 30.3 Å². The van der Waals surface area contributed by atoms with Crippen molar-refractivity contribution in [2.45, 2.75) is 51.4 Å². The Hall–Kier alpha value is -1.39. The molecule has 0 aliphatic heterocycles. The Morgan fingerprint density at radius 3 is 2.42 bits per heavy atom. The van der Waals surface area contributed by atoms with Crippen LogP contribution in [-0.4, -0.2) is 22.5 Å². The molecule has 0 aromatic heterocycles. The summed E-state index contributed by atoms with van der Waals surface area (Å²) in [6.07, 6.45) is 2.99. The Labute approximate surface area is 114 Å². The van der Waals surface area contributed by atoms with E-state index >= 15 is 0 Å². The minimum Gasteiger partial charge on any atom is -0.461 e. The summed E-state index contributed by atoms with van der Waals surface area (Å²) in [5.74, 6) is -0.175. The van der Waals surface area contributed by atoms with Crippen LogP contribution in [0, 0.1) is 0 Å². The Morgan fingerprint density at radius 1 is 1.05 bits per heavy atom. The average Bonchev–Trinajstić information content (AvgIpc) is 2.41. The van der Waals surface area contributed by atoms with Crippen molar-refractivity contribution in [3.8, 4) is 0 Å². The highest BCUT2D eigenvalue weighted by Gasteiger charge is 2.03. The molecule has 1 aromatic carbocycles. The van der Waals surface area contributed by atoms with Crippen molar-refractivity contribution in [2.24, 2.45) is 0 Å². The van der Waals surface area contributed by atoms with E-state index in [2.05, 4.69) is 0 Å². The first-order valence-corrected chi connectivity index (χ1v) is 6.74. The van der Waals surface area contributed by atoms with Crippen LogP contribution in [0.25, 0.3) is 0 Å². The summed E-state index contributed by atoms with van der Waals surface area (Å²) >= 11 is 0. The number of aliphatic hydroxyl groups is 2. The second kappa shape index (κ2) is 9.53. The molecule has 0 bridgehead atoms. The van der Waals surface area contributed by atoms with Crippen LogP contribution >= 0.6 is 0 Å². The molecule has 0 aliphatic rings. The van der Waals surface area contributed by atoms with Gasteiger partial charge >= 0.3 is 5.97 Å². The summed E-state index contributed by atoms with van der Waals surface area (Å²) < 4.78 is 5.15. The summed E-state index contributed by atoms with van der Waals surface area (Å²) in [4.78, 5) is 11.5. The number of rotatable bonds is 9. The van der Waals surface area contributed by atoms with Gasteiger partial charge in [0.15, 0.2) is 6.29 Å². The maximum Gasteiger partial charge on any atom is 0.306 e. The molecule has 0 saturated heterocycles. The second-order valence-corrected chi connectivity index (χ2v) is 4.58. The molecule has 0 unspecified atom stereocenters. The number of carbonyl (C=O) groups is 1. The van der Waals surface area contributed by atoms with E-state index in [9.17, 15) is 4.79 Å². The van der Waals surface area contributed by atoms with Gasteiger partial charge in [-0.1, -0.05) is 43.2 Å². The maximum absolute atomic E-state index is 11.5. The molecule has 0 heterocycles. The van der Waals surface area contributed by atoms with E-state index in [-0.39, 0.29) is 5.97 Å². The largest absolute Gasteiger partial charge is 0.461 e. The molecular weight excluding hydrogens is 244 g/mol. The SMILES string of the molecule is O=C(CCCCCCC(O)O)OCc1ccccc1. The van der Waals surface area contributed by atoms with Crippen molar-refractivity contribution >= 4 is 5.97 Å². The van der Waals surface area contributed by atoms with Gasteiger partial charge in [-0.2, -0.15) is 0 Å². The van der Waals surface area contributed by atoms with Crippen molar-refractivity contribution in [1.29, 1.82) is 0 Å². The highest BCUT2D eigenvalue weighted by molar-refractivity contribution is 5.69. The van der Waals surface area contributed by atoms with Gasteiger partial charge in [-0.3, -0.25) is 4.79 Å². The fourth-order valence-electron chi connectivity index (χ4n) is 1.76. The van der Waals surface area contributed by atoms with Gasteiger partial charge in [-0.15, -0.1) is 0 Å². The van der Waals surface area contributed by atoms with Crippen molar-refractivity contribution < 1.29 is 19.7 Å². The van der Waals surface area contributed by atoms with Crippen LogP contribution in [-0.2, 0) is 16.1 Å². The fourth-order valence-corrected chi connectivity index (χ4v) is 1.76. The van der Waals surface area contributed by atoms with E-state index in [0.29, 0.717) is 19.4 Å². The highest BCUT2D eigenvalue weighted by atomic mass is 16.5. The van der Waals surface area contributed by atoms with Gasteiger partial charge in [0.05, 0.1) is 0 Å². The first-order valence-electron chi connectivity index (χ1n) is 6.74. The van der Waals surface area contributed by atoms with E-state index < -0.39 is 6.29 Å². The minimum absolute atomic E-state index is 0.175. The zero-order valence-electron chi connectivity index (χ0n) is 11.1. The number of aliphatic hydroxyl groups excluding tert-OH is 1. The van der Waals surface area contributed by atoms with E-state index in [1.807, 2.05) is 30.3 Å². The van der Waals surface area contributed by atoms with Crippen LogP contribution in [0.2, 0.25) is 0 Å². The summed E-state index contributed by atoms with van der Waals surface area (Å²) in [5.41, 5.74) is 0.993. The lowest BCUT2D eigenvalue weighted by molar-refractivity contribution is -0.145. The minimum atomic E-state index is -1.21. The number of benzene rings is 1. The molecule has 4 nitrogen and oxygen atoms in total. The van der Waals surface area contributed by atoms with Crippen molar-refractivity contribution in [2.75, 3.05) is 0 Å². The second-order valence-electron chi connectivity index (χ2n) is 4.58. The van der Waals surface area contributed by atoms with Gasteiger partial charge in [-0.25, -0.2) is 0 Å². The van der Waals surface area contributed by atoms with Crippen molar-refractivity contribution in [3.63, 3.8) is 0 Å². The van der Waals surface area contributed by atoms with Gasteiger partial charge in [0.1, 0.15) is 6.61 Å². The average molecular weight is 266 g/mol. The lowest BCUT2D eigenvalue weighted by atomic mass is 10.1. The number of ether oxygens (including phenoxy) is 1. The summed E-state index contributed by atoms with van der Waals surface area (Å²) in [7, 11) is 0. The molecule has 0 amide bonds. The molecule has 0 spiro atoms. The number of esters is 1. The lowest BCUT2D eigenvalue weighted by Gasteiger charge is -2.05. The normalized spacial score (nSPS) is 10.7. The van der Waals surface area contributed by atoms with E-state index in [0.717, 1.165) is 31.2 Å². The predicted octanol–water partition coefficient (Wildman–Crippen LogP) is 2.38. The van der Waals surface area contributed by atoms with Crippen LogP contribution in [0.5, 0.6) is 0 Å². The summed E-state index contributed by atoms with van der Waals surface area (Å²) in [6, 6.07) is 9.60. The third-order valence-electron chi connectivity index (χ3n) is 2.84. The predicted molar refractivity (Wildman–Crippen MR) is 72.2 cm³/mol. The van der Waals surface area contributed by atoms with Gasteiger partial charge in [0.25, 0.3) is 0 Å². The molecule has 1 aromatic rings. The van der Waals surface area contributed by atoms with Gasteiger partial charge in [0, 0.05) is 6.42 Å². The Morgan fingerprint density at radius 2 is 1.74 bits per heavy atom. The van der Waals surface area contributed by atoms with Crippen LogP contribution in [0.4, 0.5) is 0 Å². The zero-order valence-corrected chi connectivity index (χ0v) is 11.1. The van der Waals surface area contributed by atoms with E-state index in [1.165, 1.54) is 0 Å². The fraction of sp³-hybridized carbons (Fsp3) is 0.533.